The average molecular weight is 357 g/mol. The van der Waals surface area contributed by atoms with E-state index in [-0.39, 0.29) is 11.8 Å². The van der Waals surface area contributed by atoms with Gasteiger partial charge >= 0.3 is 0 Å². The van der Waals surface area contributed by atoms with Crippen LogP contribution < -0.4 is 5.43 Å². The summed E-state index contributed by atoms with van der Waals surface area (Å²) < 4.78 is 1.02. The third kappa shape index (κ3) is 3.45. The molecule has 1 aliphatic rings. The Labute approximate surface area is 138 Å². The SMILES string of the molecule is C/C(=N/NC(=O)[C@@H]1C[C@H]1c1ccccc1)c1ccc(Br)cc1. The molecule has 22 heavy (non-hydrogen) atoms. The summed E-state index contributed by atoms with van der Waals surface area (Å²) in [6, 6.07) is 18.0. The molecule has 0 saturated heterocycles. The largest absolute Gasteiger partial charge is 0.273 e. The van der Waals surface area contributed by atoms with Crippen LogP contribution in [0.5, 0.6) is 0 Å². The zero-order chi connectivity index (χ0) is 15.5. The molecule has 2 aromatic rings. The summed E-state index contributed by atoms with van der Waals surface area (Å²) in [6.45, 7) is 1.89. The van der Waals surface area contributed by atoms with E-state index in [2.05, 4.69) is 38.6 Å². The van der Waals surface area contributed by atoms with E-state index in [9.17, 15) is 4.79 Å². The van der Waals surface area contributed by atoms with Gasteiger partial charge in [0.2, 0.25) is 5.91 Å². The van der Waals surface area contributed by atoms with Gasteiger partial charge in [-0.2, -0.15) is 5.10 Å². The Kier molecular flexibility index (Phi) is 4.39. The van der Waals surface area contributed by atoms with E-state index in [4.69, 9.17) is 0 Å². The van der Waals surface area contributed by atoms with Crippen LogP contribution >= 0.6 is 15.9 Å². The van der Waals surface area contributed by atoms with Crippen molar-refractivity contribution < 1.29 is 4.79 Å². The van der Waals surface area contributed by atoms with E-state index < -0.39 is 0 Å². The minimum atomic E-state index is 0.00492. The van der Waals surface area contributed by atoms with Crippen molar-refractivity contribution in [2.75, 3.05) is 0 Å². The van der Waals surface area contributed by atoms with E-state index in [1.807, 2.05) is 49.4 Å². The normalized spacial score (nSPS) is 20.5. The van der Waals surface area contributed by atoms with Crippen molar-refractivity contribution in [2.45, 2.75) is 19.3 Å². The summed E-state index contributed by atoms with van der Waals surface area (Å²) in [5, 5.41) is 4.22. The van der Waals surface area contributed by atoms with E-state index in [1.54, 1.807) is 0 Å². The number of benzene rings is 2. The number of nitrogens with one attached hydrogen (secondary N) is 1. The van der Waals surface area contributed by atoms with Gasteiger partial charge in [-0.25, -0.2) is 5.43 Å². The smallest absolute Gasteiger partial charge is 0.243 e. The number of hydrogen-bond donors (Lipinski definition) is 1. The third-order valence-corrected chi connectivity index (χ3v) is 4.48. The third-order valence-electron chi connectivity index (χ3n) is 3.95. The number of carbonyl (C=O) groups is 1. The highest BCUT2D eigenvalue weighted by Gasteiger charge is 2.43. The van der Waals surface area contributed by atoms with Gasteiger partial charge in [0.05, 0.1) is 5.71 Å². The van der Waals surface area contributed by atoms with Crippen LogP contribution in [0.15, 0.2) is 64.2 Å². The highest BCUT2D eigenvalue weighted by atomic mass is 79.9. The maximum Gasteiger partial charge on any atom is 0.243 e. The lowest BCUT2D eigenvalue weighted by Crippen LogP contribution is -2.21. The highest BCUT2D eigenvalue weighted by molar-refractivity contribution is 9.10. The van der Waals surface area contributed by atoms with Crippen molar-refractivity contribution in [3.63, 3.8) is 0 Å². The lowest BCUT2D eigenvalue weighted by atomic mass is 10.1. The quantitative estimate of drug-likeness (QED) is 0.650. The second-order valence-electron chi connectivity index (χ2n) is 5.54. The van der Waals surface area contributed by atoms with Crippen LogP contribution in [0.3, 0.4) is 0 Å². The van der Waals surface area contributed by atoms with E-state index in [0.29, 0.717) is 5.92 Å². The van der Waals surface area contributed by atoms with E-state index >= 15 is 0 Å². The fraction of sp³-hybridized carbons (Fsp3) is 0.222. The zero-order valence-corrected chi connectivity index (χ0v) is 13.9. The maximum absolute atomic E-state index is 12.2. The van der Waals surface area contributed by atoms with Gasteiger partial charge in [0.1, 0.15) is 0 Å². The Bertz CT molecular complexity index is 695. The zero-order valence-electron chi connectivity index (χ0n) is 12.3. The molecule has 1 N–H and O–H groups in total. The van der Waals surface area contributed by atoms with Crippen molar-refractivity contribution in [1.82, 2.24) is 5.43 Å². The predicted octanol–water partition coefficient (Wildman–Crippen LogP) is 4.09. The van der Waals surface area contributed by atoms with Crippen LogP contribution in [0.25, 0.3) is 0 Å². The Hall–Kier alpha value is -1.94. The van der Waals surface area contributed by atoms with Gasteiger partial charge in [-0.15, -0.1) is 0 Å². The Morgan fingerprint density at radius 1 is 1.14 bits per heavy atom. The molecular weight excluding hydrogens is 340 g/mol. The molecule has 0 aliphatic heterocycles. The fourth-order valence-corrected chi connectivity index (χ4v) is 2.80. The lowest BCUT2D eigenvalue weighted by Gasteiger charge is -2.03. The minimum Gasteiger partial charge on any atom is -0.273 e. The van der Waals surface area contributed by atoms with Gasteiger partial charge in [0.15, 0.2) is 0 Å². The minimum absolute atomic E-state index is 0.00492. The van der Waals surface area contributed by atoms with Crippen molar-refractivity contribution in [1.29, 1.82) is 0 Å². The highest BCUT2D eigenvalue weighted by Crippen LogP contribution is 2.47. The number of rotatable bonds is 4. The second kappa shape index (κ2) is 6.44. The molecule has 0 spiro atoms. The molecule has 0 aromatic heterocycles. The number of halogens is 1. The van der Waals surface area contributed by atoms with Crippen LogP contribution in [0.1, 0.15) is 30.4 Å². The number of nitrogens with zero attached hydrogens (tertiary/aromatic N) is 1. The van der Waals surface area contributed by atoms with Gasteiger partial charge < -0.3 is 0 Å². The van der Waals surface area contributed by atoms with Crippen LogP contribution in [-0.2, 0) is 4.79 Å². The van der Waals surface area contributed by atoms with Gasteiger partial charge in [-0.1, -0.05) is 58.4 Å². The molecule has 1 fully saturated rings. The number of amides is 1. The van der Waals surface area contributed by atoms with Gasteiger partial charge in [-0.3, -0.25) is 4.79 Å². The number of hydrogen-bond acceptors (Lipinski definition) is 2. The molecule has 3 rings (SSSR count). The first-order chi connectivity index (χ1) is 10.6. The summed E-state index contributed by atoms with van der Waals surface area (Å²) in [5.74, 6) is 0.388. The molecule has 0 radical (unpaired) electrons. The molecule has 2 aromatic carbocycles. The van der Waals surface area contributed by atoms with Crippen molar-refractivity contribution in [3.8, 4) is 0 Å². The Morgan fingerprint density at radius 2 is 1.82 bits per heavy atom. The number of hydrazone groups is 1. The summed E-state index contributed by atoms with van der Waals surface area (Å²) in [7, 11) is 0. The van der Waals surface area contributed by atoms with Crippen LogP contribution in [-0.4, -0.2) is 11.6 Å². The molecule has 3 nitrogen and oxygen atoms in total. The molecule has 1 amide bonds. The summed E-state index contributed by atoms with van der Waals surface area (Å²) in [5.41, 5.74) is 5.73. The first-order valence-corrected chi connectivity index (χ1v) is 8.09. The van der Waals surface area contributed by atoms with Crippen molar-refractivity contribution in [2.24, 2.45) is 11.0 Å². The van der Waals surface area contributed by atoms with Gasteiger partial charge in [0.25, 0.3) is 0 Å². The Balaban J connectivity index is 1.59. The number of carbonyl (C=O) groups excluding carboxylic acids is 1. The first kappa shape index (κ1) is 15.0. The molecule has 0 heterocycles. The maximum atomic E-state index is 12.2. The summed E-state index contributed by atoms with van der Waals surface area (Å²) in [6.07, 6.45) is 0.905. The van der Waals surface area contributed by atoms with E-state index in [0.717, 1.165) is 22.2 Å². The van der Waals surface area contributed by atoms with Crippen LogP contribution in [0, 0.1) is 5.92 Å². The standard InChI is InChI=1S/C18H17BrN2O/c1-12(13-7-9-15(19)10-8-13)20-21-18(22)17-11-16(17)14-5-3-2-4-6-14/h2-10,16-17H,11H2,1H3,(H,21,22)/b20-12-/t16-,17+/m0/s1. The molecule has 2 atom stereocenters. The molecular formula is C18H17BrN2O. The molecule has 0 unspecified atom stereocenters. The topological polar surface area (TPSA) is 41.5 Å². The van der Waals surface area contributed by atoms with Crippen molar-refractivity contribution >= 4 is 27.5 Å². The second-order valence-corrected chi connectivity index (χ2v) is 6.46. The monoisotopic (exact) mass is 356 g/mol. The predicted molar refractivity (Wildman–Crippen MR) is 91.8 cm³/mol. The molecule has 112 valence electrons. The molecule has 1 saturated carbocycles. The molecule has 4 heteroatoms. The summed E-state index contributed by atoms with van der Waals surface area (Å²) in [4.78, 5) is 12.2. The fourth-order valence-electron chi connectivity index (χ4n) is 2.53. The van der Waals surface area contributed by atoms with Crippen molar-refractivity contribution in [3.05, 3.63) is 70.2 Å². The Morgan fingerprint density at radius 3 is 2.50 bits per heavy atom. The first-order valence-electron chi connectivity index (χ1n) is 7.30. The molecule has 1 aliphatic carbocycles. The van der Waals surface area contributed by atoms with Crippen LogP contribution in [0.2, 0.25) is 0 Å². The van der Waals surface area contributed by atoms with Gasteiger partial charge in [0, 0.05) is 10.4 Å². The van der Waals surface area contributed by atoms with E-state index in [1.165, 1.54) is 5.56 Å². The lowest BCUT2D eigenvalue weighted by molar-refractivity contribution is -0.122. The molecule has 0 bridgehead atoms. The van der Waals surface area contributed by atoms with Crippen LogP contribution in [0.4, 0.5) is 0 Å². The summed E-state index contributed by atoms with van der Waals surface area (Å²) >= 11 is 3.40. The average Bonchev–Trinajstić information content (AvgIpc) is 3.34. The van der Waals surface area contributed by atoms with Gasteiger partial charge in [-0.05, 0) is 42.5 Å².